The van der Waals surface area contributed by atoms with Crippen molar-refractivity contribution < 1.29 is 0 Å². The van der Waals surface area contributed by atoms with E-state index in [9.17, 15) is 0 Å². The van der Waals surface area contributed by atoms with E-state index in [0.29, 0.717) is 0 Å². The van der Waals surface area contributed by atoms with Crippen molar-refractivity contribution in [1.29, 1.82) is 0 Å². The van der Waals surface area contributed by atoms with Gasteiger partial charge in [-0.25, -0.2) is 0 Å². The summed E-state index contributed by atoms with van der Waals surface area (Å²) in [7, 11) is 0. The largest absolute Gasteiger partial charge is 0.310 e. The van der Waals surface area contributed by atoms with Crippen LogP contribution in [0.1, 0.15) is 49.9 Å². The fourth-order valence-electron chi connectivity index (χ4n) is 14.9. The van der Waals surface area contributed by atoms with E-state index in [0.717, 1.165) is 45.2 Å². The van der Waals surface area contributed by atoms with Crippen molar-refractivity contribution in [3.8, 4) is 61.7 Å². The predicted octanol–water partition coefficient (Wildman–Crippen LogP) is 21.2. The molecule has 0 unspecified atom stereocenters. The molecule has 0 fully saturated rings. The van der Waals surface area contributed by atoms with Crippen molar-refractivity contribution in [1.82, 2.24) is 13.7 Å². The van der Waals surface area contributed by atoms with Crippen LogP contribution in [-0.2, 0) is 10.8 Å². The van der Waals surface area contributed by atoms with Gasteiger partial charge in [0.15, 0.2) is 0 Å². The number of para-hydroxylation sites is 3. The van der Waals surface area contributed by atoms with E-state index in [2.05, 4.69) is 325 Å². The molecule has 2 aliphatic rings. The van der Waals surface area contributed by atoms with Crippen LogP contribution < -0.4 is 4.90 Å². The molecule has 0 spiro atoms. The molecule has 0 aliphatic heterocycles. The van der Waals surface area contributed by atoms with Crippen LogP contribution in [0.3, 0.4) is 0 Å². The first-order valence-electron chi connectivity index (χ1n) is 29.4. The van der Waals surface area contributed by atoms with Crippen LogP contribution in [0.15, 0.2) is 279 Å². The lowest BCUT2D eigenvalue weighted by atomic mass is 9.81. The quantitative estimate of drug-likeness (QED) is 0.148. The minimum atomic E-state index is -0.224. The Labute approximate surface area is 489 Å². The van der Waals surface area contributed by atoms with Crippen molar-refractivity contribution in [3.05, 3.63) is 301 Å². The summed E-state index contributed by atoms with van der Waals surface area (Å²) in [5.74, 6) is 0. The second-order valence-corrected chi connectivity index (χ2v) is 24.1. The number of aromatic nitrogens is 3. The Morgan fingerprint density at radius 3 is 1.46 bits per heavy atom. The van der Waals surface area contributed by atoms with Crippen LogP contribution in [0, 0.1) is 0 Å². The summed E-state index contributed by atoms with van der Waals surface area (Å²) in [4.78, 5) is 2.43. The number of benzene rings is 12. The highest BCUT2D eigenvalue weighted by molar-refractivity contribution is 6.24. The molecule has 0 atom stereocenters. The average molecular weight is 1080 g/mol. The van der Waals surface area contributed by atoms with Crippen molar-refractivity contribution in [2.75, 3.05) is 4.90 Å². The van der Waals surface area contributed by atoms with E-state index < -0.39 is 0 Å². The molecule has 3 heterocycles. The summed E-state index contributed by atoms with van der Waals surface area (Å²) in [5, 5.41) is 6.22. The van der Waals surface area contributed by atoms with E-state index in [1.165, 1.54) is 110 Å². The molecule has 12 aromatic carbocycles. The van der Waals surface area contributed by atoms with Gasteiger partial charge in [-0.05, 0) is 165 Å². The van der Waals surface area contributed by atoms with E-state index in [1.807, 2.05) is 0 Å². The fourth-order valence-corrected chi connectivity index (χ4v) is 14.9. The maximum Gasteiger partial charge on any atom is 0.0638 e. The maximum absolute atomic E-state index is 2.59. The van der Waals surface area contributed by atoms with Crippen molar-refractivity contribution in [3.63, 3.8) is 0 Å². The molecule has 4 heteroatoms. The van der Waals surface area contributed by atoms with Gasteiger partial charge in [0.25, 0.3) is 0 Å². The normalized spacial score (nSPS) is 13.7. The zero-order valence-corrected chi connectivity index (χ0v) is 47.3. The van der Waals surface area contributed by atoms with Crippen LogP contribution in [0.25, 0.3) is 116 Å². The van der Waals surface area contributed by atoms with E-state index in [-0.39, 0.29) is 10.8 Å². The number of hydrogen-bond acceptors (Lipinski definition) is 1. The number of rotatable bonds is 8. The maximum atomic E-state index is 2.59. The summed E-state index contributed by atoms with van der Waals surface area (Å²) in [6.45, 7) is 9.56. The van der Waals surface area contributed by atoms with E-state index in [1.54, 1.807) is 0 Å². The SMILES string of the molecule is CC1(C)c2ccccc2-c2ccc(N(c3ccc(-c4ccccc4)cc3)c3ccc(-n4c5ccc(-c6ccc7c(c6)c6ccccc6n7-c6ccccc6)cc5c5c6c(ccc54)c4c(n6-c5ccccc5)-c5ccccc5C4(C)C)cc3)cc21. The van der Waals surface area contributed by atoms with Gasteiger partial charge in [0, 0.05) is 77.4 Å². The lowest BCUT2D eigenvalue weighted by molar-refractivity contribution is 0.660. The molecule has 17 rings (SSSR count). The number of nitrogens with zero attached hydrogens (tertiary/aromatic N) is 4. The zero-order valence-electron chi connectivity index (χ0n) is 47.3. The molecule has 15 aromatic rings. The third kappa shape index (κ3) is 6.95. The molecular formula is C80H58N4. The van der Waals surface area contributed by atoms with Crippen LogP contribution in [0.2, 0.25) is 0 Å². The highest BCUT2D eigenvalue weighted by Gasteiger charge is 2.41. The van der Waals surface area contributed by atoms with Crippen LogP contribution in [0.5, 0.6) is 0 Å². The van der Waals surface area contributed by atoms with Gasteiger partial charge < -0.3 is 18.6 Å². The molecule has 84 heavy (non-hydrogen) atoms. The lowest BCUT2D eigenvalue weighted by Crippen LogP contribution is -2.16. The van der Waals surface area contributed by atoms with Gasteiger partial charge in [-0.2, -0.15) is 0 Å². The van der Waals surface area contributed by atoms with Crippen molar-refractivity contribution in [2.45, 2.75) is 38.5 Å². The first-order chi connectivity index (χ1) is 41.2. The topological polar surface area (TPSA) is 18.0 Å². The van der Waals surface area contributed by atoms with Gasteiger partial charge in [0.1, 0.15) is 0 Å². The molecule has 0 N–H and O–H groups in total. The molecular weight excluding hydrogens is 1020 g/mol. The van der Waals surface area contributed by atoms with Gasteiger partial charge in [-0.15, -0.1) is 0 Å². The molecule has 0 radical (unpaired) electrons. The Bertz CT molecular complexity index is 5150. The first-order valence-corrected chi connectivity index (χ1v) is 29.4. The Morgan fingerprint density at radius 1 is 0.286 bits per heavy atom. The molecule has 398 valence electrons. The minimum Gasteiger partial charge on any atom is -0.310 e. The Kier molecular flexibility index (Phi) is 10.4. The second kappa shape index (κ2) is 18.0. The van der Waals surface area contributed by atoms with Gasteiger partial charge in [-0.1, -0.05) is 198 Å². The highest BCUT2D eigenvalue weighted by atomic mass is 15.1. The molecule has 4 nitrogen and oxygen atoms in total. The molecule has 3 aromatic heterocycles. The van der Waals surface area contributed by atoms with Crippen LogP contribution >= 0.6 is 0 Å². The summed E-state index contributed by atoms with van der Waals surface area (Å²) in [6, 6.07) is 104. The van der Waals surface area contributed by atoms with Gasteiger partial charge in [0.2, 0.25) is 0 Å². The third-order valence-corrected chi connectivity index (χ3v) is 18.8. The molecule has 0 bridgehead atoms. The summed E-state index contributed by atoms with van der Waals surface area (Å²) in [5.41, 5.74) is 27.7. The standard InChI is InChI=1S/C80H58N4/c1-79(2)68-29-17-14-26-61(68)62-43-42-60(50-70(62)79)81(57-36-32-52(33-37-57)51-20-8-5-9-21-51)58-38-40-59(41-39-58)83-73-46-35-54(53-34-45-72-66(48-53)63-27-16-19-31-71(63)82(72)55-22-10-6-11-23-55)49-67(73)75-74(83)47-44-65-76-78(64-28-15-18-30-69(64)80(76,3)4)84(77(65)75)56-24-12-7-13-25-56/h5-50H,1-4H3. The average Bonchev–Trinajstić information content (AvgIpc) is 1.57. The fraction of sp³-hybridized carbons (Fsp3) is 0.0750. The third-order valence-electron chi connectivity index (χ3n) is 18.8. The lowest BCUT2D eigenvalue weighted by Gasteiger charge is -2.28. The van der Waals surface area contributed by atoms with Gasteiger partial charge >= 0.3 is 0 Å². The van der Waals surface area contributed by atoms with Gasteiger partial charge in [0.05, 0.1) is 33.3 Å². The molecule has 0 saturated heterocycles. The Hall–Kier alpha value is -10.4. The zero-order chi connectivity index (χ0) is 56.0. The molecule has 0 amide bonds. The van der Waals surface area contributed by atoms with Gasteiger partial charge in [-0.3, -0.25) is 0 Å². The van der Waals surface area contributed by atoms with E-state index in [4.69, 9.17) is 0 Å². The smallest absolute Gasteiger partial charge is 0.0638 e. The van der Waals surface area contributed by atoms with Crippen molar-refractivity contribution in [2.24, 2.45) is 0 Å². The van der Waals surface area contributed by atoms with Crippen LogP contribution in [0.4, 0.5) is 17.1 Å². The Balaban J connectivity index is 0.885. The van der Waals surface area contributed by atoms with Crippen molar-refractivity contribution >= 4 is 71.6 Å². The Morgan fingerprint density at radius 2 is 0.762 bits per heavy atom. The highest BCUT2D eigenvalue weighted by Crippen LogP contribution is 2.56. The monoisotopic (exact) mass is 1070 g/mol. The van der Waals surface area contributed by atoms with E-state index >= 15 is 0 Å². The minimum absolute atomic E-state index is 0.147. The number of anilines is 3. The summed E-state index contributed by atoms with van der Waals surface area (Å²) < 4.78 is 7.49. The second-order valence-electron chi connectivity index (χ2n) is 24.1. The predicted molar refractivity (Wildman–Crippen MR) is 353 cm³/mol. The number of hydrogen-bond donors (Lipinski definition) is 0. The summed E-state index contributed by atoms with van der Waals surface area (Å²) >= 11 is 0. The van der Waals surface area contributed by atoms with Crippen LogP contribution in [-0.4, -0.2) is 13.7 Å². The number of fused-ring (bicyclic) bond motifs is 15. The first kappa shape index (κ1) is 48.3. The summed E-state index contributed by atoms with van der Waals surface area (Å²) in [6.07, 6.45) is 0. The molecule has 0 saturated carbocycles. The molecule has 2 aliphatic carbocycles.